The van der Waals surface area contributed by atoms with E-state index in [0.717, 1.165) is 18.5 Å². The molecule has 2 aromatic rings. The molecule has 0 atom stereocenters. The second-order valence-electron chi connectivity index (χ2n) is 4.42. The van der Waals surface area contributed by atoms with Crippen molar-refractivity contribution in [3.8, 4) is 11.5 Å². The number of nitrogens with one attached hydrogen (secondary N) is 2. The molecule has 0 saturated heterocycles. The van der Waals surface area contributed by atoms with Gasteiger partial charge < -0.3 is 15.2 Å². The lowest BCUT2D eigenvalue weighted by atomic mass is 10.1. The molecule has 1 aromatic heterocycles. The highest BCUT2D eigenvalue weighted by Gasteiger charge is 2.12. The number of rotatable bonds is 6. The zero-order valence-electron chi connectivity index (χ0n) is 11.6. The molecule has 1 heterocycles. The minimum Gasteiger partial charge on any atom is -0.334 e. The topological polar surface area (TPSA) is 80.0 Å². The Bertz CT molecular complexity index is 580. The zero-order chi connectivity index (χ0) is 14.4. The van der Waals surface area contributed by atoms with E-state index in [2.05, 4.69) is 27.7 Å². The number of carbonyl (C=O) groups is 1. The van der Waals surface area contributed by atoms with E-state index in [4.69, 9.17) is 4.52 Å². The fourth-order valence-electron chi connectivity index (χ4n) is 1.76. The normalized spacial score (nSPS) is 10.5. The first-order valence-electron chi connectivity index (χ1n) is 6.61. The van der Waals surface area contributed by atoms with Gasteiger partial charge in [-0.25, -0.2) is 0 Å². The fourth-order valence-corrected chi connectivity index (χ4v) is 1.76. The third-order valence-electron chi connectivity index (χ3n) is 2.67. The number of benzene rings is 1. The van der Waals surface area contributed by atoms with Crippen molar-refractivity contribution in [1.82, 2.24) is 15.5 Å². The molecular weight excluding hydrogens is 256 g/mol. The number of carbonyl (C=O) groups excluding carboxylic acids is 1. The van der Waals surface area contributed by atoms with Gasteiger partial charge in [0, 0.05) is 0 Å². The van der Waals surface area contributed by atoms with Gasteiger partial charge in [-0.05, 0) is 32.0 Å². The Balaban J connectivity index is 2.10. The maximum absolute atomic E-state index is 11.8. The van der Waals surface area contributed by atoms with Crippen molar-refractivity contribution in [3.05, 3.63) is 30.1 Å². The molecule has 0 aliphatic carbocycles. The van der Waals surface area contributed by atoms with Gasteiger partial charge >= 0.3 is 0 Å². The summed E-state index contributed by atoms with van der Waals surface area (Å²) in [5.74, 6) is 0.868. The molecule has 1 amide bonds. The molecule has 6 heteroatoms. The molecule has 0 saturated carbocycles. The highest BCUT2D eigenvalue weighted by atomic mass is 16.5. The summed E-state index contributed by atoms with van der Waals surface area (Å²) in [5, 5.41) is 9.67. The van der Waals surface area contributed by atoms with Crippen molar-refractivity contribution < 1.29 is 9.32 Å². The van der Waals surface area contributed by atoms with Crippen molar-refractivity contribution in [1.29, 1.82) is 0 Å². The molecule has 0 radical (unpaired) electrons. The van der Waals surface area contributed by atoms with Crippen LogP contribution >= 0.6 is 0 Å². The van der Waals surface area contributed by atoms with E-state index in [0.29, 0.717) is 17.4 Å². The van der Waals surface area contributed by atoms with E-state index in [1.165, 1.54) is 0 Å². The number of hydrogen-bond donors (Lipinski definition) is 2. The average Bonchev–Trinajstić information content (AvgIpc) is 2.86. The minimum absolute atomic E-state index is 0.0952. The molecule has 0 spiro atoms. The standard InChI is InChI=1S/C14H18N4O2/c1-3-8-15-9-13(19)17-12-7-5-4-6-11(12)14-16-10(2)18-20-14/h4-7,15H,3,8-9H2,1-2H3,(H,17,19). The van der Waals surface area contributed by atoms with E-state index in [1.54, 1.807) is 6.92 Å². The predicted octanol–water partition coefficient (Wildman–Crippen LogP) is 1.98. The second kappa shape index (κ2) is 6.81. The lowest BCUT2D eigenvalue weighted by Gasteiger charge is -2.08. The number of hydrogen-bond acceptors (Lipinski definition) is 5. The van der Waals surface area contributed by atoms with Crippen LogP contribution in [0.1, 0.15) is 19.2 Å². The molecule has 0 aliphatic rings. The van der Waals surface area contributed by atoms with E-state index in [-0.39, 0.29) is 12.5 Å². The Hall–Kier alpha value is -2.21. The number of para-hydroxylation sites is 1. The van der Waals surface area contributed by atoms with Gasteiger partial charge in [0.15, 0.2) is 5.82 Å². The van der Waals surface area contributed by atoms with Gasteiger partial charge in [-0.2, -0.15) is 4.98 Å². The Kier molecular flexibility index (Phi) is 4.84. The number of aryl methyl sites for hydroxylation is 1. The van der Waals surface area contributed by atoms with Crippen LogP contribution in [-0.2, 0) is 4.79 Å². The first kappa shape index (κ1) is 14.2. The highest BCUT2D eigenvalue weighted by molar-refractivity contribution is 5.95. The molecule has 0 fully saturated rings. The number of anilines is 1. The smallest absolute Gasteiger partial charge is 0.260 e. The molecule has 2 rings (SSSR count). The van der Waals surface area contributed by atoms with Crippen molar-refractivity contribution in [2.45, 2.75) is 20.3 Å². The van der Waals surface area contributed by atoms with E-state index in [1.807, 2.05) is 24.3 Å². The van der Waals surface area contributed by atoms with Gasteiger partial charge in [0.2, 0.25) is 5.91 Å². The first-order valence-corrected chi connectivity index (χ1v) is 6.61. The third-order valence-corrected chi connectivity index (χ3v) is 2.67. The maximum Gasteiger partial charge on any atom is 0.260 e. The molecule has 0 unspecified atom stereocenters. The molecule has 0 aliphatic heterocycles. The lowest BCUT2D eigenvalue weighted by Crippen LogP contribution is -2.28. The summed E-state index contributed by atoms with van der Waals surface area (Å²) in [6.07, 6.45) is 0.991. The summed E-state index contributed by atoms with van der Waals surface area (Å²) in [6.45, 7) is 4.91. The molecule has 6 nitrogen and oxygen atoms in total. The zero-order valence-corrected chi connectivity index (χ0v) is 11.6. The van der Waals surface area contributed by atoms with Gasteiger partial charge in [-0.1, -0.05) is 24.2 Å². The summed E-state index contributed by atoms with van der Waals surface area (Å²) in [5.41, 5.74) is 1.39. The maximum atomic E-state index is 11.8. The van der Waals surface area contributed by atoms with Crippen LogP contribution in [0, 0.1) is 6.92 Å². The number of amides is 1. The van der Waals surface area contributed by atoms with Crippen LogP contribution < -0.4 is 10.6 Å². The lowest BCUT2D eigenvalue weighted by molar-refractivity contribution is -0.115. The summed E-state index contributed by atoms with van der Waals surface area (Å²) in [6, 6.07) is 7.36. The molecular formula is C14H18N4O2. The van der Waals surface area contributed by atoms with Gasteiger partial charge in [0.1, 0.15) is 0 Å². The van der Waals surface area contributed by atoms with E-state index >= 15 is 0 Å². The van der Waals surface area contributed by atoms with Crippen LogP contribution in [0.2, 0.25) is 0 Å². The first-order chi connectivity index (χ1) is 9.70. The van der Waals surface area contributed by atoms with Gasteiger partial charge in [-0.15, -0.1) is 0 Å². The van der Waals surface area contributed by atoms with E-state index in [9.17, 15) is 4.79 Å². The minimum atomic E-state index is -0.0952. The molecule has 2 N–H and O–H groups in total. The number of aromatic nitrogens is 2. The van der Waals surface area contributed by atoms with Crippen LogP contribution in [0.4, 0.5) is 5.69 Å². The molecule has 1 aromatic carbocycles. The van der Waals surface area contributed by atoms with Crippen molar-refractivity contribution in [2.24, 2.45) is 0 Å². The highest BCUT2D eigenvalue weighted by Crippen LogP contribution is 2.26. The van der Waals surface area contributed by atoms with E-state index < -0.39 is 0 Å². The number of nitrogens with zero attached hydrogens (tertiary/aromatic N) is 2. The quantitative estimate of drug-likeness (QED) is 0.787. The van der Waals surface area contributed by atoms with Gasteiger partial charge in [-0.3, -0.25) is 4.79 Å². The van der Waals surface area contributed by atoms with Crippen LogP contribution in [0.25, 0.3) is 11.5 Å². The summed E-state index contributed by atoms with van der Waals surface area (Å²) in [4.78, 5) is 16.0. The average molecular weight is 274 g/mol. The van der Waals surface area contributed by atoms with Crippen molar-refractivity contribution in [3.63, 3.8) is 0 Å². The summed E-state index contributed by atoms with van der Waals surface area (Å²) in [7, 11) is 0. The monoisotopic (exact) mass is 274 g/mol. The summed E-state index contributed by atoms with van der Waals surface area (Å²) < 4.78 is 5.14. The van der Waals surface area contributed by atoms with Crippen LogP contribution in [0.5, 0.6) is 0 Å². The molecule has 20 heavy (non-hydrogen) atoms. The Morgan fingerprint density at radius 2 is 2.15 bits per heavy atom. The Labute approximate surface area is 117 Å². The van der Waals surface area contributed by atoms with Gasteiger partial charge in [0.05, 0.1) is 17.8 Å². The summed E-state index contributed by atoms with van der Waals surface area (Å²) >= 11 is 0. The largest absolute Gasteiger partial charge is 0.334 e. The second-order valence-corrected chi connectivity index (χ2v) is 4.42. The molecule has 106 valence electrons. The van der Waals surface area contributed by atoms with Gasteiger partial charge in [0.25, 0.3) is 5.89 Å². The van der Waals surface area contributed by atoms with Crippen LogP contribution in [0.3, 0.4) is 0 Å². The Morgan fingerprint density at radius 3 is 2.85 bits per heavy atom. The molecule has 0 bridgehead atoms. The SMILES string of the molecule is CCCNCC(=O)Nc1ccccc1-c1nc(C)no1. The van der Waals surface area contributed by atoms with Crippen molar-refractivity contribution >= 4 is 11.6 Å². The fraction of sp³-hybridized carbons (Fsp3) is 0.357. The van der Waals surface area contributed by atoms with Crippen molar-refractivity contribution in [2.75, 3.05) is 18.4 Å². The third kappa shape index (κ3) is 3.64. The van der Waals surface area contributed by atoms with Crippen LogP contribution in [0.15, 0.2) is 28.8 Å². The van der Waals surface area contributed by atoms with Crippen LogP contribution in [-0.4, -0.2) is 29.1 Å². The Morgan fingerprint density at radius 1 is 1.35 bits per heavy atom. The predicted molar refractivity (Wildman–Crippen MR) is 76.3 cm³/mol.